The number of hydrogen-bond donors (Lipinski definition) is 0. The Bertz CT molecular complexity index is 304. The monoisotopic (exact) mass is 182 g/mol. The zero-order chi connectivity index (χ0) is 10.0. The Kier molecular flexibility index (Phi) is 2.70. The molecule has 1 aromatic rings. The first-order valence-electron chi connectivity index (χ1n) is 4.22. The normalized spacial score (nSPS) is 10.5. The van der Waals surface area contributed by atoms with Crippen molar-refractivity contribution in [2.75, 3.05) is 7.05 Å². The largest absolute Gasteiger partial charge is 0.438 e. The number of hydrogen-bond acceptors (Lipinski definition) is 3. The lowest BCUT2D eigenvalue weighted by atomic mass is 10.3. The molecular formula is C9H14N2O2. The molecule has 4 heteroatoms. The highest BCUT2D eigenvalue weighted by molar-refractivity contribution is 5.89. The first kappa shape index (κ1) is 9.77. The van der Waals surface area contributed by atoms with Crippen LogP contribution in [0.2, 0.25) is 0 Å². The van der Waals surface area contributed by atoms with Gasteiger partial charge in [0.05, 0.1) is 6.20 Å². The van der Waals surface area contributed by atoms with Crippen LogP contribution in [0.5, 0.6) is 0 Å². The lowest BCUT2D eigenvalue weighted by molar-refractivity contribution is 0.0713. The van der Waals surface area contributed by atoms with Crippen LogP contribution in [0.1, 0.15) is 30.3 Å². The zero-order valence-corrected chi connectivity index (χ0v) is 8.37. The van der Waals surface area contributed by atoms with Crippen molar-refractivity contribution in [2.24, 2.45) is 0 Å². The van der Waals surface area contributed by atoms with Gasteiger partial charge >= 0.3 is 5.91 Å². The van der Waals surface area contributed by atoms with E-state index < -0.39 is 0 Å². The van der Waals surface area contributed by atoms with Gasteiger partial charge in [-0.1, -0.05) is 0 Å². The Hall–Kier alpha value is -1.32. The first-order valence-corrected chi connectivity index (χ1v) is 4.22. The number of oxazole rings is 1. The van der Waals surface area contributed by atoms with E-state index in [1.807, 2.05) is 13.8 Å². The highest BCUT2D eigenvalue weighted by Gasteiger charge is 2.18. The topological polar surface area (TPSA) is 46.3 Å². The molecule has 13 heavy (non-hydrogen) atoms. The van der Waals surface area contributed by atoms with Gasteiger partial charge in [-0.15, -0.1) is 0 Å². The maximum absolute atomic E-state index is 11.6. The van der Waals surface area contributed by atoms with E-state index in [1.165, 1.54) is 0 Å². The Morgan fingerprint density at radius 2 is 2.23 bits per heavy atom. The molecule has 72 valence electrons. The summed E-state index contributed by atoms with van der Waals surface area (Å²) < 4.78 is 5.11. The van der Waals surface area contributed by atoms with E-state index in [0.29, 0.717) is 5.76 Å². The van der Waals surface area contributed by atoms with Crippen LogP contribution in [0, 0.1) is 6.92 Å². The number of aryl methyl sites for hydroxylation is 1. The predicted octanol–water partition coefficient (Wildman–Crippen LogP) is 1.46. The fourth-order valence-electron chi connectivity index (χ4n) is 0.839. The number of carbonyl (C=O) groups is 1. The van der Waals surface area contributed by atoms with E-state index in [0.717, 1.165) is 0 Å². The highest BCUT2D eigenvalue weighted by atomic mass is 16.4. The van der Waals surface area contributed by atoms with Gasteiger partial charge in [-0.05, 0) is 20.8 Å². The second-order valence-corrected chi connectivity index (χ2v) is 3.29. The molecule has 0 saturated heterocycles. The molecule has 1 aromatic heterocycles. The predicted molar refractivity (Wildman–Crippen MR) is 48.5 cm³/mol. The molecule has 0 saturated carbocycles. The van der Waals surface area contributed by atoms with Gasteiger partial charge in [0.2, 0.25) is 0 Å². The third kappa shape index (κ3) is 2.08. The quantitative estimate of drug-likeness (QED) is 0.695. The summed E-state index contributed by atoms with van der Waals surface area (Å²) in [7, 11) is 1.73. The van der Waals surface area contributed by atoms with Crippen LogP contribution in [-0.4, -0.2) is 28.9 Å². The molecule has 0 aromatic carbocycles. The lowest BCUT2D eigenvalue weighted by Crippen LogP contribution is -2.33. The Balaban J connectivity index is 2.79. The molecule has 0 aliphatic rings. The van der Waals surface area contributed by atoms with Crippen LogP contribution in [0.25, 0.3) is 0 Å². The Labute approximate surface area is 77.6 Å². The van der Waals surface area contributed by atoms with Gasteiger partial charge in [0.25, 0.3) is 5.89 Å². The molecule has 0 radical (unpaired) electrons. The zero-order valence-electron chi connectivity index (χ0n) is 8.37. The smallest absolute Gasteiger partial charge is 0.309 e. The third-order valence-electron chi connectivity index (χ3n) is 1.90. The molecule has 4 nitrogen and oxygen atoms in total. The van der Waals surface area contributed by atoms with Crippen LogP contribution in [0.3, 0.4) is 0 Å². The van der Waals surface area contributed by atoms with E-state index in [1.54, 1.807) is 25.1 Å². The summed E-state index contributed by atoms with van der Waals surface area (Å²) in [6.45, 7) is 5.64. The highest BCUT2D eigenvalue weighted by Crippen LogP contribution is 2.06. The van der Waals surface area contributed by atoms with Gasteiger partial charge in [-0.2, -0.15) is 0 Å². The van der Waals surface area contributed by atoms with Crippen molar-refractivity contribution in [3.63, 3.8) is 0 Å². The Morgan fingerprint density at radius 3 is 2.62 bits per heavy atom. The average Bonchev–Trinajstić information content (AvgIpc) is 2.49. The maximum atomic E-state index is 11.6. The van der Waals surface area contributed by atoms with Crippen LogP contribution in [0.15, 0.2) is 10.6 Å². The molecule has 1 amide bonds. The van der Waals surface area contributed by atoms with Crippen molar-refractivity contribution < 1.29 is 9.21 Å². The lowest BCUT2D eigenvalue weighted by Gasteiger charge is -2.19. The van der Waals surface area contributed by atoms with E-state index >= 15 is 0 Å². The van der Waals surface area contributed by atoms with E-state index in [4.69, 9.17) is 4.42 Å². The third-order valence-corrected chi connectivity index (χ3v) is 1.90. The van der Waals surface area contributed by atoms with Crippen molar-refractivity contribution in [2.45, 2.75) is 26.8 Å². The first-order chi connectivity index (χ1) is 6.02. The van der Waals surface area contributed by atoms with Crippen LogP contribution in [0.4, 0.5) is 0 Å². The molecule has 0 aliphatic heterocycles. The fourth-order valence-corrected chi connectivity index (χ4v) is 0.839. The molecule has 0 unspecified atom stereocenters. The van der Waals surface area contributed by atoms with E-state index in [-0.39, 0.29) is 17.8 Å². The molecule has 0 spiro atoms. The number of aromatic nitrogens is 1. The molecule has 0 fully saturated rings. The van der Waals surface area contributed by atoms with E-state index in [9.17, 15) is 4.79 Å². The maximum Gasteiger partial charge on any atom is 0.309 e. The number of amides is 1. The Morgan fingerprint density at radius 1 is 1.62 bits per heavy atom. The molecule has 1 heterocycles. The summed E-state index contributed by atoms with van der Waals surface area (Å²) in [5, 5.41) is 0. The second-order valence-electron chi connectivity index (χ2n) is 3.29. The molecular weight excluding hydrogens is 168 g/mol. The number of carbonyl (C=O) groups excluding carboxylic acids is 1. The summed E-state index contributed by atoms with van der Waals surface area (Å²) in [5.74, 6) is 0.636. The molecule has 0 aliphatic carbocycles. The van der Waals surface area contributed by atoms with Gasteiger partial charge in [0.1, 0.15) is 5.76 Å². The number of rotatable bonds is 2. The van der Waals surface area contributed by atoms with Crippen molar-refractivity contribution in [1.29, 1.82) is 0 Å². The number of nitrogens with zero attached hydrogens (tertiary/aromatic N) is 2. The van der Waals surface area contributed by atoms with E-state index in [2.05, 4.69) is 4.98 Å². The molecule has 0 atom stereocenters. The van der Waals surface area contributed by atoms with Gasteiger partial charge in [-0.25, -0.2) is 4.98 Å². The standard InChI is InChI=1S/C9H14N2O2/c1-6(2)11(4)9(12)8-10-5-7(3)13-8/h5-6H,1-4H3. The minimum Gasteiger partial charge on any atom is -0.438 e. The SMILES string of the molecule is Cc1cnc(C(=O)N(C)C(C)C)o1. The van der Waals surface area contributed by atoms with Gasteiger partial charge in [0.15, 0.2) is 0 Å². The second kappa shape index (κ2) is 3.60. The molecule has 0 N–H and O–H groups in total. The van der Waals surface area contributed by atoms with Gasteiger partial charge in [-0.3, -0.25) is 4.79 Å². The fraction of sp³-hybridized carbons (Fsp3) is 0.556. The van der Waals surface area contributed by atoms with Crippen molar-refractivity contribution >= 4 is 5.91 Å². The molecule has 1 rings (SSSR count). The summed E-state index contributed by atoms with van der Waals surface area (Å²) in [5.41, 5.74) is 0. The minimum absolute atomic E-state index is 0.153. The summed E-state index contributed by atoms with van der Waals surface area (Å²) in [6, 6.07) is 0.153. The van der Waals surface area contributed by atoms with Crippen LogP contribution >= 0.6 is 0 Å². The minimum atomic E-state index is -0.178. The molecule has 0 bridgehead atoms. The van der Waals surface area contributed by atoms with Crippen LogP contribution < -0.4 is 0 Å². The summed E-state index contributed by atoms with van der Waals surface area (Å²) in [6.07, 6.45) is 1.54. The van der Waals surface area contributed by atoms with Gasteiger partial charge in [0, 0.05) is 13.1 Å². The average molecular weight is 182 g/mol. The van der Waals surface area contributed by atoms with Crippen molar-refractivity contribution in [1.82, 2.24) is 9.88 Å². The van der Waals surface area contributed by atoms with Crippen molar-refractivity contribution in [3.05, 3.63) is 17.8 Å². The summed E-state index contributed by atoms with van der Waals surface area (Å²) >= 11 is 0. The van der Waals surface area contributed by atoms with Crippen LogP contribution in [-0.2, 0) is 0 Å². The van der Waals surface area contributed by atoms with Gasteiger partial charge < -0.3 is 9.32 Å². The summed E-state index contributed by atoms with van der Waals surface area (Å²) in [4.78, 5) is 17.0. The van der Waals surface area contributed by atoms with Crippen molar-refractivity contribution in [3.8, 4) is 0 Å².